The maximum Gasteiger partial charge on any atom is 0.220 e. The molecule has 1 heterocycles. The number of methoxy groups -OCH3 is 1. The highest BCUT2D eigenvalue weighted by Gasteiger charge is 2.09. The fraction of sp³-hybridized carbons (Fsp3) is 0.611. The van der Waals surface area contributed by atoms with E-state index in [2.05, 4.69) is 10.2 Å². The van der Waals surface area contributed by atoms with E-state index in [1.807, 2.05) is 24.3 Å². The molecule has 1 aromatic rings. The number of benzene rings is 1. The highest BCUT2D eigenvalue weighted by molar-refractivity contribution is 7.99. The molecule has 1 fully saturated rings. The lowest BCUT2D eigenvalue weighted by Crippen LogP contribution is -2.33. The molecule has 1 aliphatic rings. The van der Waals surface area contributed by atoms with Crippen molar-refractivity contribution in [3.05, 3.63) is 24.3 Å². The molecule has 128 valence electrons. The van der Waals surface area contributed by atoms with E-state index in [0.717, 1.165) is 31.0 Å². The summed E-state index contributed by atoms with van der Waals surface area (Å²) in [5, 5.41) is 3.03. The Morgan fingerprint density at radius 3 is 2.65 bits per heavy atom. The van der Waals surface area contributed by atoms with E-state index in [9.17, 15) is 4.79 Å². The number of likely N-dealkylation sites (tertiary alicyclic amines) is 1. The molecule has 0 bridgehead atoms. The molecule has 0 spiro atoms. The molecular formula is C18H28N2O2S. The van der Waals surface area contributed by atoms with E-state index in [1.165, 1.54) is 37.2 Å². The van der Waals surface area contributed by atoms with Gasteiger partial charge < -0.3 is 15.0 Å². The monoisotopic (exact) mass is 336 g/mol. The van der Waals surface area contributed by atoms with Gasteiger partial charge in [0, 0.05) is 23.6 Å². The summed E-state index contributed by atoms with van der Waals surface area (Å²) < 4.78 is 5.13. The standard InChI is InChI=1S/C18H28N2O2S/c1-22-16-6-8-17(9-7-16)23-15-10-18(21)19-11-5-14-20-12-3-2-4-13-20/h6-9H,2-5,10-15H2,1H3,(H,19,21). The smallest absolute Gasteiger partial charge is 0.220 e. The fourth-order valence-corrected chi connectivity index (χ4v) is 3.59. The van der Waals surface area contributed by atoms with Gasteiger partial charge in [-0.2, -0.15) is 0 Å². The van der Waals surface area contributed by atoms with E-state index in [0.29, 0.717) is 6.42 Å². The van der Waals surface area contributed by atoms with Crippen molar-refractivity contribution in [3.8, 4) is 5.75 Å². The Balaban J connectivity index is 1.50. The largest absolute Gasteiger partial charge is 0.497 e. The number of amides is 1. The molecule has 0 unspecified atom stereocenters. The first-order valence-corrected chi connectivity index (χ1v) is 9.52. The van der Waals surface area contributed by atoms with Crippen LogP contribution in [0.25, 0.3) is 0 Å². The number of nitrogens with one attached hydrogen (secondary N) is 1. The van der Waals surface area contributed by atoms with Crippen LogP contribution in [-0.4, -0.2) is 49.8 Å². The lowest BCUT2D eigenvalue weighted by atomic mass is 10.1. The number of nitrogens with zero attached hydrogens (tertiary/aromatic N) is 1. The summed E-state index contributed by atoms with van der Waals surface area (Å²) in [7, 11) is 1.66. The summed E-state index contributed by atoms with van der Waals surface area (Å²) in [4.78, 5) is 15.5. The van der Waals surface area contributed by atoms with Crippen LogP contribution < -0.4 is 10.1 Å². The van der Waals surface area contributed by atoms with Gasteiger partial charge in [0.2, 0.25) is 5.91 Å². The van der Waals surface area contributed by atoms with Gasteiger partial charge in [-0.1, -0.05) is 6.42 Å². The van der Waals surface area contributed by atoms with E-state index in [-0.39, 0.29) is 5.91 Å². The van der Waals surface area contributed by atoms with Crippen LogP contribution in [0.1, 0.15) is 32.1 Å². The van der Waals surface area contributed by atoms with Gasteiger partial charge in [-0.15, -0.1) is 11.8 Å². The normalized spacial score (nSPS) is 15.3. The number of thioether (sulfide) groups is 1. The maximum absolute atomic E-state index is 11.8. The third kappa shape index (κ3) is 7.27. The Morgan fingerprint density at radius 2 is 1.96 bits per heavy atom. The molecule has 0 atom stereocenters. The minimum Gasteiger partial charge on any atom is -0.497 e. The number of carbonyl (C=O) groups excluding carboxylic acids is 1. The molecule has 1 saturated heterocycles. The van der Waals surface area contributed by atoms with Crippen molar-refractivity contribution in [3.63, 3.8) is 0 Å². The Kier molecular flexibility index (Phi) is 8.32. The first kappa shape index (κ1) is 18.1. The zero-order valence-electron chi connectivity index (χ0n) is 14.1. The Bertz CT molecular complexity index is 459. The third-order valence-electron chi connectivity index (χ3n) is 4.08. The number of hydrogen-bond acceptors (Lipinski definition) is 4. The van der Waals surface area contributed by atoms with Crippen LogP contribution in [0.5, 0.6) is 5.75 Å². The zero-order chi connectivity index (χ0) is 16.3. The van der Waals surface area contributed by atoms with Gasteiger partial charge in [0.25, 0.3) is 0 Å². The summed E-state index contributed by atoms with van der Waals surface area (Å²) in [5.41, 5.74) is 0. The van der Waals surface area contributed by atoms with E-state index in [4.69, 9.17) is 4.74 Å². The molecule has 0 aliphatic carbocycles. The van der Waals surface area contributed by atoms with E-state index >= 15 is 0 Å². The molecule has 1 N–H and O–H groups in total. The first-order valence-electron chi connectivity index (χ1n) is 8.54. The molecule has 23 heavy (non-hydrogen) atoms. The van der Waals surface area contributed by atoms with Crippen LogP contribution in [0.15, 0.2) is 29.2 Å². The van der Waals surface area contributed by atoms with Crippen LogP contribution in [-0.2, 0) is 4.79 Å². The Labute approximate surface area is 144 Å². The highest BCUT2D eigenvalue weighted by Crippen LogP contribution is 2.21. The summed E-state index contributed by atoms with van der Waals surface area (Å²) in [6.45, 7) is 4.36. The van der Waals surface area contributed by atoms with Crippen LogP contribution >= 0.6 is 11.8 Å². The van der Waals surface area contributed by atoms with Gasteiger partial charge in [0.05, 0.1) is 7.11 Å². The van der Waals surface area contributed by atoms with Gasteiger partial charge >= 0.3 is 0 Å². The second-order valence-electron chi connectivity index (χ2n) is 5.88. The van der Waals surface area contributed by atoms with Crippen molar-refractivity contribution in [2.45, 2.75) is 37.0 Å². The van der Waals surface area contributed by atoms with Gasteiger partial charge in [-0.25, -0.2) is 0 Å². The third-order valence-corrected chi connectivity index (χ3v) is 5.09. The van der Waals surface area contributed by atoms with Crippen LogP contribution in [0.3, 0.4) is 0 Å². The SMILES string of the molecule is COc1ccc(SCCC(=O)NCCCN2CCCCC2)cc1. The van der Waals surface area contributed by atoms with Crippen LogP contribution in [0.2, 0.25) is 0 Å². The molecule has 4 nitrogen and oxygen atoms in total. The number of hydrogen-bond donors (Lipinski definition) is 1. The van der Waals surface area contributed by atoms with Crippen LogP contribution in [0.4, 0.5) is 0 Å². The second-order valence-corrected chi connectivity index (χ2v) is 7.05. The average Bonchev–Trinajstić information content (AvgIpc) is 2.60. The zero-order valence-corrected chi connectivity index (χ0v) is 14.9. The topological polar surface area (TPSA) is 41.6 Å². The quantitative estimate of drug-likeness (QED) is 0.555. The van der Waals surface area contributed by atoms with Gasteiger partial charge in [-0.3, -0.25) is 4.79 Å². The molecule has 1 aliphatic heterocycles. The second kappa shape index (κ2) is 10.6. The van der Waals surface area contributed by atoms with Crippen molar-refractivity contribution in [1.29, 1.82) is 0 Å². The fourth-order valence-electron chi connectivity index (χ4n) is 2.74. The molecule has 1 aromatic carbocycles. The van der Waals surface area contributed by atoms with Crippen molar-refractivity contribution in [2.75, 3.05) is 39.0 Å². The van der Waals surface area contributed by atoms with E-state index < -0.39 is 0 Å². The summed E-state index contributed by atoms with van der Waals surface area (Å²) in [6.07, 6.45) is 5.65. The van der Waals surface area contributed by atoms with Gasteiger partial charge in [-0.05, 0) is 63.2 Å². The molecule has 0 radical (unpaired) electrons. The highest BCUT2D eigenvalue weighted by atomic mass is 32.2. The van der Waals surface area contributed by atoms with Crippen molar-refractivity contribution < 1.29 is 9.53 Å². The average molecular weight is 337 g/mol. The Hall–Kier alpha value is -1.20. The summed E-state index contributed by atoms with van der Waals surface area (Å²) in [6, 6.07) is 7.95. The number of carbonyl (C=O) groups is 1. The number of piperidine rings is 1. The van der Waals surface area contributed by atoms with Gasteiger partial charge in [0.1, 0.15) is 5.75 Å². The van der Waals surface area contributed by atoms with Crippen molar-refractivity contribution in [2.24, 2.45) is 0 Å². The summed E-state index contributed by atoms with van der Waals surface area (Å²) >= 11 is 1.71. The molecule has 5 heteroatoms. The Morgan fingerprint density at radius 1 is 1.22 bits per heavy atom. The van der Waals surface area contributed by atoms with Crippen molar-refractivity contribution >= 4 is 17.7 Å². The molecule has 0 saturated carbocycles. The number of rotatable bonds is 9. The number of ether oxygens (including phenoxy) is 1. The van der Waals surface area contributed by atoms with Gasteiger partial charge in [0.15, 0.2) is 0 Å². The minimum atomic E-state index is 0.157. The summed E-state index contributed by atoms with van der Waals surface area (Å²) in [5.74, 6) is 1.83. The first-order chi connectivity index (χ1) is 11.3. The minimum absolute atomic E-state index is 0.157. The predicted molar refractivity (Wildman–Crippen MR) is 96.3 cm³/mol. The molecule has 1 amide bonds. The molecule has 2 rings (SSSR count). The predicted octanol–water partition coefficient (Wildman–Crippen LogP) is 3.17. The molecule has 0 aromatic heterocycles. The lowest BCUT2D eigenvalue weighted by molar-refractivity contribution is -0.120. The van der Waals surface area contributed by atoms with Crippen molar-refractivity contribution in [1.82, 2.24) is 10.2 Å². The van der Waals surface area contributed by atoms with Crippen LogP contribution in [0, 0.1) is 0 Å². The maximum atomic E-state index is 11.8. The van der Waals surface area contributed by atoms with E-state index in [1.54, 1.807) is 18.9 Å². The molecular weight excluding hydrogens is 308 g/mol. The lowest BCUT2D eigenvalue weighted by Gasteiger charge is -2.26.